The Morgan fingerprint density at radius 2 is 2.13 bits per heavy atom. The molecule has 0 saturated carbocycles. The van der Waals surface area contributed by atoms with E-state index in [0.29, 0.717) is 5.92 Å². The molecule has 1 aliphatic heterocycles. The summed E-state index contributed by atoms with van der Waals surface area (Å²) < 4.78 is 5.61. The number of Topliss-reactive ketones (excluding diaryl/α,β-unsaturated/α-hetero) is 1. The normalized spacial score (nSPS) is 30.7. The van der Waals surface area contributed by atoms with Gasteiger partial charge in [-0.25, -0.2) is 0 Å². The number of aliphatic hydroxyl groups is 1. The lowest BCUT2D eigenvalue weighted by atomic mass is 9.80. The zero-order valence-corrected chi connectivity index (χ0v) is 19.5. The van der Waals surface area contributed by atoms with Crippen LogP contribution in [0.4, 0.5) is 0 Å². The molecule has 0 aromatic rings. The van der Waals surface area contributed by atoms with Crippen LogP contribution < -0.4 is 5.32 Å². The molecule has 1 heterocycles. The van der Waals surface area contributed by atoms with Gasteiger partial charge in [-0.1, -0.05) is 68.9 Å². The molecule has 2 aliphatic rings. The maximum absolute atomic E-state index is 12.3. The SMILES string of the molecule is CCCCCCC(C)C=C(C)C=CC(=O)NC1COC2C(Cl)C(=O)C(Cl)=CC2(O)C1. The van der Waals surface area contributed by atoms with Crippen molar-refractivity contribution in [3.8, 4) is 0 Å². The van der Waals surface area contributed by atoms with E-state index >= 15 is 0 Å². The molecule has 0 aromatic carbocycles. The highest BCUT2D eigenvalue weighted by Crippen LogP contribution is 2.38. The Labute approximate surface area is 189 Å². The predicted molar refractivity (Wildman–Crippen MR) is 121 cm³/mol. The maximum Gasteiger partial charge on any atom is 0.244 e. The molecular formula is C23H33Cl2NO4. The van der Waals surface area contributed by atoms with Crippen molar-refractivity contribution in [1.82, 2.24) is 5.32 Å². The van der Waals surface area contributed by atoms with Gasteiger partial charge in [0.2, 0.25) is 5.91 Å². The van der Waals surface area contributed by atoms with Gasteiger partial charge in [0.15, 0.2) is 5.78 Å². The quantitative estimate of drug-likeness (QED) is 0.232. The maximum atomic E-state index is 12.3. The minimum atomic E-state index is -1.49. The van der Waals surface area contributed by atoms with E-state index in [1.165, 1.54) is 37.8 Å². The van der Waals surface area contributed by atoms with Gasteiger partial charge in [0, 0.05) is 12.5 Å². The highest BCUT2D eigenvalue weighted by atomic mass is 35.5. The van der Waals surface area contributed by atoms with Crippen molar-refractivity contribution in [3.05, 3.63) is 34.9 Å². The summed E-state index contributed by atoms with van der Waals surface area (Å²) in [5.41, 5.74) is -0.447. The van der Waals surface area contributed by atoms with Gasteiger partial charge in [-0.15, -0.1) is 11.6 Å². The molecule has 2 N–H and O–H groups in total. The summed E-state index contributed by atoms with van der Waals surface area (Å²) in [6, 6.07) is -0.414. The number of carbonyl (C=O) groups is 2. The molecule has 0 bridgehead atoms. The first-order valence-electron chi connectivity index (χ1n) is 10.7. The van der Waals surface area contributed by atoms with Crippen molar-refractivity contribution < 1.29 is 19.4 Å². The molecule has 1 saturated heterocycles. The van der Waals surface area contributed by atoms with Gasteiger partial charge in [0.1, 0.15) is 17.1 Å². The molecule has 1 aliphatic carbocycles. The average Bonchev–Trinajstić information content (AvgIpc) is 2.67. The topological polar surface area (TPSA) is 75.6 Å². The van der Waals surface area contributed by atoms with Crippen LogP contribution in [0.5, 0.6) is 0 Å². The Morgan fingerprint density at radius 3 is 2.83 bits per heavy atom. The van der Waals surface area contributed by atoms with Crippen LogP contribution >= 0.6 is 23.2 Å². The third kappa shape index (κ3) is 6.94. The Kier molecular flexibility index (Phi) is 9.61. The minimum Gasteiger partial charge on any atom is -0.383 e. The standard InChI is InChI=1S/C23H33Cl2NO4/c1-4-5-6-7-8-15(2)11-16(3)9-10-19(27)26-17-12-23(29)13-18(24)21(28)20(25)22(23)30-14-17/h9-11,13,15,17,20,22,29H,4-8,12,14H2,1-3H3,(H,26,27). The van der Waals surface area contributed by atoms with E-state index in [4.69, 9.17) is 27.9 Å². The van der Waals surface area contributed by atoms with Crippen LogP contribution in [0.25, 0.3) is 0 Å². The third-order valence-electron chi connectivity index (χ3n) is 5.58. The number of hydrogen-bond acceptors (Lipinski definition) is 4. The summed E-state index contributed by atoms with van der Waals surface area (Å²) in [5, 5.41) is 12.5. The second-order valence-corrected chi connectivity index (χ2v) is 9.36. The van der Waals surface area contributed by atoms with Gasteiger partial charge >= 0.3 is 0 Å². The van der Waals surface area contributed by atoms with Gasteiger partial charge in [0.05, 0.1) is 17.7 Å². The monoisotopic (exact) mass is 457 g/mol. The van der Waals surface area contributed by atoms with E-state index in [0.717, 1.165) is 12.0 Å². The number of nitrogens with one attached hydrogen (secondary N) is 1. The lowest BCUT2D eigenvalue weighted by Crippen LogP contribution is -2.61. The van der Waals surface area contributed by atoms with Crippen LogP contribution in [-0.4, -0.2) is 46.5 Å². The van der Waals surface area contributed by atoms with Crippen molar-refractivity contribution >= 4 is 34.9 Å². The smallest absolute Gasteiger partial charge is 0.244 e. The molecule has 2 rings (SSSR count). The second kappa shape index (κ2) is 11.5. The summed E-state index contributed by atoms with van der Waals surface area (Å²) >= 11 is 12.0. The first-order chi connectivity index (χ1) is 14.2. The van der Waals surface area contributed by atoms with E-state index in [9.17, 15) is 14.7 Å². The van der Waals surface area contributed by atoms with Crippen LogP contribution in [-0.2, 0) is 14.3 Å². The Morgan fingerprint density at radius 1 is 1.40 bits per heavy atom. The fraction of sp³-hybridized carbons (Fsp3) is 0.652. The number of amides is 1. The fourth-order valence-electron chi connectivity index (χ4n) is 4.00. The zero-order valence-electron chi connectivity index (χ0n) is 18.0. The van der Waals surface area contributed by atoms with E-state index in [1.807, 2.05) is 6.92 Å². The summed E-state index contributed by atoms with van der Waals surface area (Å²) in [4.78, 5) is 24.2. The summed E-state index contributed by atoms with van der Waals surface area (Å²) in [6.07, 6.45) is 12.2. The lowest BCUT2D eigenvalue weighted by molar-refractivity contribution is -0.148. The highest BCUT2D eigenvalue weighted by Gasteiger charge is 2.51. The number of halogens is 2. The van der Waals surface area contributed by atoms with Gasteiger partial charge in [0.25, 0.3) is 0 Å². The zero-order chi connectivity index (χ0) is 22.3. The third-order valence-corrected chi connectivity index (χ3v) is 6.30. The summed E-state index contributed by atoms with van der Waals surface area (Å²) in [7, 11) is 0. The summed E-state index contributed by atoms with van der Waals surface area (Å²) in [5.74, 6) is -0.250. The van der Waals surface area contributed by atoms with Crippen LogP contribution in [0.15, 0.2) is 34.9 Å². The fourth-order valence-corrected chi connectivity index (χ4v) is 4.77. The van der Waals surface area contributed by atoms with Gasteiger partial charge in [-0.2, -0.15) is 0 Å². The number of ketones is 1. The largest absolute Gasteiger partial charge is 0.383 e. The van der Waals surface area contributed by atoms with E-state index in [-0.39, 0.29) is 24.0 Å². The average molecular weight is 458 g/mol. The van der Waals surface area contributed by atoms with E-state index in [2.05, 4.69) is 25.2 Å². The van der Waals surface area contributed by atoms with Gasteiger partial charge in [-0.05, 0) is 25.3 Å². The second-order valence-electron chi connectivity index (χ2n) is 8.48. The molecule has 5 atom stereocenters. The molecule has 5 nitrogen and oxygen atoms in total. The molecule has 30 heavy (non-hydrogen) atoms. The molecule has 7 heteroatoms. The molecule has 1 amide bonds. The number of hydrogen-bond donors (Lipinski definition) is 2. The number of carbonyl (C=O) groups excluding carboxylic acids is 2. The van der Waals surface area contributed by atoms with E-state index in [1.54, 1.807) is 6.08 Å². The number of rotatable bonds is 9. The van der Waals surface area contributed by atoms with Crippen molar-refractivity contribution in [3.63, 3.8) is 0 Å². The summed E-state index contributed by atoms with van der Waals surface area (Å²) in [6.45, 7) is 6.55. The number of unbranched alkanes of at least 4 members (excludes halogenated alkanes) is 3. The first-order valence-corrected chi connectivity index (χ1v) is 11.5. The molecule has 0 aromatic heterocycles. The van der Waals surface area contributed by atoms with Crippen molar-refractivity contribution in [2.75, 3.05) is 6.61 Å². The van der Waals surface area contributed by atoms with E-state index < -0.39 is 28.9 Å². The molecule has 1 fully saturated rings. The highest BCUT2D eigenvalue weighted by molar-refractivity contribution is 6.49. The van der Waals surface area contributed by atoms with Gasteiger partial charge in [-0.3, -0.25) is 9.59 Å². The Bertz CT molecular complexity index is 718. The molecular weight excluding hydrogens is 425 g/mol. The lowest BCUT2D eigenvalue weighted by Gasteiger charge is -2.45. The Hall–Kier alpha value is -1.14. The van der Waals surface area contributed by atoms with Gasteiger partial charge < -0.3 is 15.2 Å². The van der Waals surface area contributed by atoms with Crippen LogP contribution in [0.2, 0.25) is 0 Å². The van der Waals surface area contributed by atoms with Crippen molar-refractivity contribution in [2.45, 2.75) is 82.4 Å². The molecule has 0 spiro atoms. The minimum absolute atomic E-state index is 0.103. The number of alkyl halides is 1. The predicted octanol–water partition coefficient (Wildman–Crippen LogP) is 4.41. The number of ether oxygens (including phenoxy) is 1. The number of allylic oxidation sites excluding steroid dienone is 4. The molecule has 168 valence electrons. The molecule has 0 radical (unpaired) electrons. The number of fused-ring (bicyclic) bond motifs is 1. The Balaban J connectivity index is 1.86. The van der Waals surface area contributed by atoms with Crippen molar-refractivity contribution in [2.24, 2.45) is 5.92 Å². The first kappa shape index (κ1) is 25.1. The van der Waals surface area contributed by atoms with Crippen molar-refractivity contribution in [1.29, 1.82) is 0 Å². The van der Waals surface area contributed by atoms with Crippen LogP contribution in [0.3, 0.4) is 0 Å². The van der Waals surface area contributed by atoms with Crippen LogP contribution in [0, 0.1) is 5.92 Å². The molecule has 5 unspecified atom stereocenters. The van der Waals surface area contributed by atoms with Crippen LogP contribution in [0.1, 0.15) is 59.3 Å².